The number of carbonyl (C=O) groups is 1. The molecule has 1 heterocycles. The van der Waals surface area contributed by atoms with Crippen molar-refractivity contribution < 1.29 is 9.53 Å². The zero-order valence-electron chi connectivity index (χ0n) is 11.1. The molecule has 96 valence electrons. The Hall–Kier alpha value is -1.55. The van der Waals surface area contributed by atoms with Crippen LogP contribution in [-0.2, 0) is 4.74 Å². The van der Waals surface area contributed by atoms with Crippen molar-refractivity contribution in [1.29, 1.82) is 0 Å². The van der Waals surface area contributed by atoms with Crippen LogP contribution >= 0.6 is 0 Å². The summed E-state index contributed by atoms with van der Waals surface area (Å²) in [6.45, 7) is 7.34. The van der Waals surface area contributed by atoms with Crippen LogP contribution in [-0.4, -0.2) is 25.6 Å². The van der Waals surface area contributed by atoms with Crippen molar-refractivity contribution in [3.05, 3.63) is 36.0 Å². The average molecular weight is 261 g/mol. The molecule has 0 saturated heterocycles. The Morgan fingerprint density at radius 2 is 2.06 bits per heavy atom. The van der Waals surface area contributed by atoms with Gasteiger partial charge in [0.1, 0.15) is 0 Å². The van der Waals surface area contributed by atoms with E-state index in [2.05, 4.69) is 24.6 Å². The minimum Gasteiger partial charge on any atom is -0.462 e. The van der Waals surface area contributed by atoms with Crippen molar-refractivity contribution >= 4 is 24.9 Å². The lowest BCUT2D eigenvalue weighted by Gasteiger charge is -2.15. The normalized spacial score (nSPS) is 11.7. The van der Waals surface area contributed by atoms with Gasteiger partial charge < -0.3 is 9.72 Å². The number of rotatable bonds is 4. The average Bonchev–Trinajstić information content (AvgIpc) is 2.73. The molecule has 0 aliphatic heterocycles. The summed E-state index contributed by atoms with van der Waals surface area (Å²) in [7, 11) is -1.14. The molecule has 1 aromatic heterocycles. The van der Waals surface area contributed by atoms with Gasteiger partial charge in [0.05, 0.1) is 12.2 Å². The summed E-state index contributed by atoms with van der Waals surface area (Å²) in [5, 5.41) is 1.04. The molecule has 0 aliphatic carbocycles. The standard InChI is InChI=1S/C14H19NO2Si/c1-18(2,3)9-8-17-14(16)12-4-5-13-11(10-12)6-7-15-13/h4-7,10,15H,8-9H2,1-3H3. The van der Waals surface area contributed by atoms with E-state index in [1.54, 1.807) is 6.07 Å². The Morgan fingerprint density at radius 1 is 1.28 bits per heavy atom. The number of hydrogen-bond acceptors (Lipinski definition) is 2. The van der Waals surface area contributed by atoms with Gasteiger partial charge >= 0.3 is 5.97 Å². The number of hydrogen-bond donors (Lipinski definition) is 1. The third-order valence-corrected chi connectivity index (χ3v) is 4.58. The Kier molecular flexibility index (Phi) is 3.57. The topological polar surface area (TPSA) is 42.1 Å². The van der Waals surface area contributed by atoms with Gasteiger partial charge in [0, 0.05) is 25.2 Å². The van der Waals surface area contributed by atoms with Crippen LogP contribution in [0.1, 0.15) is 10.4 Å². The lowest BCUT2D eigenvalue weighted by atomic mass is 10.1. The van der Waals surface area contributed by atoms with Gasteiger partial charge in [-0.25, -0.2) is 4.79 Å². The molecule has 0 radical (unpaired) electrons. The number of H-pyrrole nitrogens is 1. The van der Waals surface area contributed by atoms with E-state index in [1.807, 2.05) is 24.4 Å². The van der Waals surface area contributed by atoms with Crippen molar-refractivity contribution in [1.82, 2.24) is 4.98 Å². The van der Waals surface area contributed by atoms with Crippen LogP contribution in [0.2, 0.25) is 25.7 Å². The molecule has 4 heteroatoms. The summed E-state index contributed by atoms with van der Waals surface area (Å²) >= 11 is 0. The SMILES string of the molecule is C[Si](C)(C)CCOC(=O)c1ccc2[nH]ccc2c1. The quantitative estimate of drug-likeness (QED) is 0.674. The summed E-state index contributed by atoms with van der Waals surface area (Å²) in [6, 6.07) is 8.53. The predicted octanol–water partition coefficient (Wildman–Crippen LogP) is 3.66. The van der Waals surface area contributed by atoms with Crippen LogP contribution < -0.4 is 0 Å². The molecule has 2 aromatic rings. The summed E-state index contributed by atoms with van der Waals surface area (Å²) in [5.41, 5.74) is 1.66. The van der Waals surface area contributed by atoms with E-state index in [0.717, 1.165) is 16.9 Å². The highest BCUT2D eigenvalue weighted by atomic mass is 28.3. The van der Waals surface area contributed by atoms with E-state index in [4.69, 9.17) is 4.74 Å². The van der Waals surface area contributed by atoms with Crippen molar-refractivity contribution in [3.8, 4) is 0 Å². The smallest absolute Gasteiger partial charge is 0.338 e. The van der Waals surface area contributed by atoms with Gasteiger partial charge in [-0.3, -0.25) is 0 Å². The summed E-state index contributed by atoms with van der Waals surface area (Å²) in [4.78, 5) is 15.0. The Balaban J connectivity index is 2.00. The van der Waals surface area contributed by atoms with Gasteiger partial charge in [-0.1, -0.05) is 19.6 Å². The van der Waals surface area contributed by atoms with Crippen molar-refractivity contribution in [2.45, 2.75) is 25.7 Å². The van der Waals surface area contributed by atoms with Gasteiger partial charge in [-0.2, -0.15) is 0 Å². The maximum absolute atomic E-state index is 11.9. The largest absolute Gasteiger partial charge is 0.462 e. The third-order valence-electron chi connectivity index (χ3n) is 2.87. The highest BCUT2D eigenvalue weighted by molar-refractivity contribution is 6.76. The number of benzene rings is 1. The van der Waals surface area contributed by atoms with E-state index in [-0.39, 0.29) is 5.97 Å². The number of ether oxygens (including phenoxy) is 1. The van der Waals surface area contributed by atoms with Crippen molar-refractivity contribution in [2.24, 2.45) is 0 Å². The minimum absolute atomic E-state index is 0.226. The van der Waals surface area contributed by atoms with E-state index >= 15 is 0 Å². The molecule has 2 rings (SSSR count). The van der Waals surface area contributed by atoms with Crippen molar-refractivity contribution in [3.63, 3.8) is 0 Å². The summed E-state index contributed by atoms with van der Waals surface area (Å²) in [5.74, 6) is -0.226. The number of carbonyl (C=O) groups excluding carboxylic acids is 1. The molecular weight excluding hydrogens is 242 g/mol. The van der Waals surface area contributed by atoms with E-state index in [0.29, 0.717) is 12.2 Å². The molecule has 0 amide bonds. The molecule has 1 aromatic carbocycles. The molecule has 0 unspecified atom stereocenters. The molecule has 1 N–H and O–H groups in total. The van der Waals surface area contributed by atoms with Crippen LogP contribution in [0, 0.1) is 0 Å². The molecule has 0 aliphatic rings. The fraction of sp³-hybridized carbons (Fsp3) is 0.357. The van der Waals surface area contributed by atoms with Gasteiger partial charge in [-0.15, -0.1) is 0 Å². The molecule has 0 saturated carbocycles. The molecule has 18 heavy (non-hydrogen) atoms. The number of nitrogens with one attached hydrogen (secondary N) is 1. The lowest BCUT2D eigenvalue weighted by Crippen LogP contribution is -2.22. The van der Waals surface area contributed by atoms with Gasteiger partial charge in [0.15, 0.2) is 0 Å². The first kappa shape index (κ1) is 12.9. The van der Waals surface area contributed by atoms with Crippen LogP contribution in [0.25, 0.3) is 10.9 Å². The minimum atomic E-state index is -1.14. The molecule has 3 nitrogen and oxygen atoms in total. The molecular formula is C14H19NO2Si. The lowest BCUT2D eigenvalue weighted by molar-refractivity contribution is 0.0525. The first-order chi connectivity index (χ1) is 8.46. The maximum Gasteiger partial charge on any atom is 0.338 e. The first-order valence-electron chi connectivity index (χ1n) is 6.20. The highest BCUT2D eigenvalue weighted by Gasteiger charge is 2.14. The number of fused-ring (bicyclic) bond motifs is 1. The second-order valence-electron chi connectivity index (χ2n) is 5.73. The summed E-state index contributed by atoms with van der Waals surface area (Å²) in [6.07, 6.45) is 1.87. The Morgan fingerprint density at radius 3 is 2.78 bits per heavy atom. The predicted molar refractivity (Wildman–Crippen MR) is 76.7 cm³/mol. The highest BCUT2D eigenvalue weighted by Crippen LogP contribution is 2.15. The van der Waals surface area contributed by atoms with E-state index in [1.165, 1.54) is 0 Å². The molecule has 0 bridgehead atoms. The number of aromatic amines is 1. The molecule has 0 fully saturated rings. The zero-order chi connectivity index (χ0) is 13.2. The second-order valence-corrected chi connectivity index (χ2v) is 11.3. The van der Waals surface area contributed by atoms with E-state index in [9.17, 15) is 4.79 Å². The Bertz CT molecular complexity index is 554. The van der Waals surface area contributed by atoms with Crippen LogP contribution in [0.15, 0.2) is 30.5 Å². The second kappa shape index (κ2) is 4.98. The first-order valence-corrected chi connectivity index (χ1v) is 9.91. The third kappa shape index (κ3) is 3.23. The van der Waals surface area contributed by atoms with E-state index < -0.39 is 8.07 Å². The van der Waals surface area contributed by atoms with Gasteiger partial charge in [-0.05, 0) is 30.3 Å². The Labute approximate surface area is 108 Å². The van der Waals surface area contributed by atoms with Crippen LogP contribution in [0.3, 0.4) is 0 Å². The molecule has 0 atom stereocenters. The maximum atomic E-state index is 11.9. The fourth-order valence-corrected chi connectivity index (χ4v) is 2.43. The van der Waals surface area contributed by atoms with Crippen LogP contribution in [0.5, 0.6) is 0 Å². The fourth-order valence-electron chi connectivity index (χ4n) is 1.71. The summed E-state index contributed by atoms with van der Waals surface area (Å²) < 4.78 is 5.32. The number of aromatic nitrogens is 1. The molecule has 0 spiro atoms. The monoisotopic (exact) mass is 261 g/mol. The zero-order valence-corrected chi connectivity index (χ0v) is 12.1. The van der Waals surface area contributed by atoms with Gasteiger partial charge in [0.2, 0.25) is 0 Å². The van der Waals surface area contributed by atoms with Crippen molar-refractivity contribution in [2.75, 3.05) is 6.61 Å². The number of esters is 1. The van der Waals surface area contributed by atoms with Crippen LogP contribution in [0.4, 0.5) is 0 Å². The van der Waals surface area contributed by atoms with Gasteiger partial charge in [0.25, 0.3) is 0 Å².